The van der Waals surface area contributed by atoms with Crippen LogP contribution in [-0.2, 0) is 11.3 Å². The Morgan fingerprint density at radius 2 is 2.00 bits per heavy atom. The molecule has 0 unspecified atom stereocenters. The maximum Gasteiger partial charge on any atom is 0.233 e. The van der Waals surface area contributed by atoms with E-state index in [0.717, 1.165) is 5.56 Å². The summed E-state index contributed by atoms with van der Waals surface area (Å²) >= 11 is 3.21. The van der Waals surface area contributed by atoms with Gasteiger partial charge in [-0.25, -0.2) is 0 Å². The first-order valence-corrected chi connectivity index (χ1v) is 5.48. The molecule has 76 valence electrons. The molecule has 0 spiro atoms. The quantitative estimate of drug-likeness (QED) is 0.826. The standard InChI is InChI=1S/C11H14BrNO/c1-8-3-5-10(6-4-8)7-13-11(14)9(2)12/h3-6,9H,7H2,1-2H3,(H,13,14)/t9-/m1/s1. The van der Waals surface area contributed by atoms with Gasteiger partial charge in [0.25, 0.3) is 0 Å². The molecule has 0 aliphatic heterocycles. The summed E-state index contributed by atoms with van der Waals surface area (Å²) in [7, 11) is 0. The largest absolute Gasteiger partial charge is 0.351 e. The lowest BCUT2D eigenvalue weighted by Gasteiger charge is -2.06. The number of hydrogen-bond donors (Lipinski definition) is 1. The molecule has 1 aromatic rings. The second-order valence-corrected chi connectivity index (χ2v) is 4.69. The van der Waals surface area contributed by atoms with E-state index in [4.69, 9.17) is 0 Å². The molecule has 0 aromatic heterocycles. The highest BCUT2D eigenvalue weighted by Gasteiger charge is 2.06. The first-order valence-electron chi connectivity index (χ1n) is 4.57. The Labute approximate surface area is 92.8 Å². The predicted octanol–water partition coefficient (Wildman–Crippen LogP) is 2.39. The van der Waals surface area contributed by atoms with Gasteiger partial charge in [0, 0.05) is 6.54 Å². The van der Waals surface area contributed by atoms with Crippen molar-refractivity contribution in [1.29, 1.82) is 0 Å². The van der Waals surface area contributed by atoms with Crippen molar-refractivity contribution < 1.29 is 4.79 Å². The van der Waals surface area contributed by atoms with Crippen LogP contribution in [-0.4, -0.2) is 10.7 Å². The Morgan fingerprint density at radius 1 is 1.43 bits per heavy atom. The molecule has 0 saturated heterocycles. The third-order valence-corrected chi connectivity index (χ3v) is 2.36. The summed E-state index contributed by atoms with van der Waals surface area (Å²) in [6, 6.07) is 8.13. The van der Waals surface area contributed by atoms with Crippen molar-refractivity contribution in [2.24, 2.45) is 0 Å². The van der Waals surface area contributed by atoms with Crippen molar-refractivity contribution in [3.8, 4) is 0 Å². The minimum absolute atomic E-state index is 0.0191. The zero-order valence-electron chi connectivity index (χ0n) is 8.38. The second kappa shape index (κ2) is 5.15. The molecule has 1 atom stereocenters. The van der Waals surface area contributed by atoms with Crippen molar-refractivity contribution in [2.75, 3.05) is 0 Å². The van der Waals surface area contributed by atoms with Crippen molar-refractivity contribution in [2.45, 2.75) is 25.2 Å². The summed E-state index contributed by atoms with van der Waals surface area (Å²) < 4.78 is 0. The van der Waals surface area contributed by atoms with E-state index >= 15 is 0 Å². The lowest BCUT2D eigenvalue weighted by molar-refractivity contribution is -0.120. The zero-order valence-corrected chi connectivity index (χ0v) is 9.97. The molecule has 0 aliphatic rings. The lowest BCUT2D eigenvalue weighted by Crippen LogP contribution is -2.28. The van der Waals surface area contributed by atoms with Crippen molar-refractivity contribution in [3.63, 3.8) is 0 Å². The summed E-state index contributed by atoms with van der Waals surface area (Å²) in [5.74, 6) is 0.0191. The predicted molar refractivity (Wildman–Crippen MR) is 61.4 cm³/mol. The average molecular weight is 256 g/mol. The van der Waals surface area contributed by atoms with Gasteiger partial charge in [-0.2, -0.15) is 0 Å². The molecule has 0 heterocycles. The van der Waals surface area contributed by atoms with Gasteiger partial charge >= 0.3 is 0 Å². The molecule has 0 bridgehead atoms. The highest BCUT2D eigenvalue weighted by molar-refractivity contribution is 9.10. The number of nitrogens with one attached hydrogen (secondary N) is 1. The van der Waals surface area contributed by atoms with Crippen LogP contribution < -0.4 is 5.32 Å². The summed E-state index contributed by atoms with van der Waals surface area (Å²) in [4.78, 5) is 11.1. The molecule has 2 nitrogen and oxygen atoms in total. The number of hydrogen-bond acceptors (Lipinski definition) is 1. The Kier molecular flexibility index (Phi) is 4.14. The van der Waals surface area contributed by atoms with Gasteiger partial charge in [-0.1, -0.05) is 45.8 Å². The molecule has 1 aromatic carbocycles. The minimum atomic E-state index is -0.132. The number of carbonyl (C=O) groups excluding carboxylic acids is 1. The van der Waals surface area contributed by atoms with Gasteiger partial charge in [-0.05, 0) is 19.4 Å². The molecule has 3 heteroatoms. The fourth-order valence-electron chi connectivity index (χ4n) is 1.04. The van der Waals surface area contributed by atoms with E-state index in [1.807, 2.05) is 38.1 Å². The Bertz CT molecular complexity index is 306. The van der Waals surface area contributed by atoms with Crippen LogP contribution in [0.3, 0.4) is 0 Å². The molecule has 1 amide bonds. The average Bonchev–Trinajstić information content (AvgIpc) is 2.16. The van der Waals surface area contributed by atoms with Gasteiger partial charge in [0.2, 0.25) is 5.91 Å². The first-order chi connectivity index (χ1) is 6.59. The van der Waals surface area contributed by atoms with Crippen molar-refractivity contribution in [3.05, 3.63) is 35.4 Å². The molecule has 0 saturated carbocycles. The number of rotatable bonds is 3. The van der Waals surface area contributed by atoms with E-state index in [-0.39, 0.29) is 10.7 Å². The van der Waals surface area contributed by atoms with E-state index in [9.17, 15) is 4.79 Å². The third-order valence-electron chi connectivity index (χ3n) is 1.95. The monoisotopic (exact) mass is 255 g/mol. The highest BCUT2D eigenvalue weighted by atomic mass is 79.9. The smallest absolute Gasteiger partial charge is 0.233 e. The number of aryl methyl sites for hydroxylation is 1. The van der Waals surface area contributed by atoms with Gasteiger partial charge < -0.3 is 5.32 Å². The third kappa shape index (κ3) is 3.50. The Morgan fingerprint density at radius 3 is 2.50 bits per heavy atom. The summed E-state index contributed by atoms with van der Waals surface area (Å²) in [6.45, 7) is 4.45. The van der Waals surface area contributed by atoms with Crippen LogP contribution in [0.5, 0.6) is 0 Å². The van der Waals surface area contributed by atoms with Crippen molar-refractivity contribution in [1.82, 2.24) is 5.32 Å². The highest BCUT2D eigenvalue weighted by Crippen LogP contribution is 2.03. The van der Waals surface area contributed by atoms with Gasteiger partial charge in [0.05, 0.1) is 4.83 Å². The van der Waals surface area contributed by atoms with Gasteiger partial charge in [-0.15, -0.1) is 0 Å². The molecular weight excluding hydrogens is 242 g/mol. The number of amides is 1. The summed E-state index contributed by atoms with van der Waals surface area (Å²) in [5, 5.41) is 2.83. The maximum atomic E-state index is 11.2. The molecule has 1 N–H and O–H groups in total. The number of halogens is 1. The normalized spacial score (nSPS) is 12.2. The topological polar surface area (TPSA) is 29.1 Å². The summed E-state index contributed by atoms with van der Waals surface area (Å²) in [5.41, 5.74) is 2.35. The Hall–Kier alpha value is -0.830. The van der Waals surface area contributed by atoms with Crippen LogP contribution in [0.2, 0.25) is 0 Å². The Balaban J connectivity index is 2.46. The van der Waals surface area contributed by atoms with Crippen molar-refractivity contribution >= 4 is 21.8 Å². The van der Waals surface area contributed by atoms with E-state index in [1.54, 1.807) is 0 Å². The molecule has 14 heavy (non-hydrogen) atoms. The van der Waals surface area contributed by atoms with Gasteiger partial charge in [0.1, 0.15) is 0 Å². The van der Waals surface area contributed by atoms with Crippen LogP contribution in [0.25, 0.3) is 0 Å². The molecule has 0 radical (unpaired) electrons. The molecule has 0 aliphatic carbocycles. The summed E-state index contributed by atoms with van der Waals surface area (Å²) in [6.07, 6.45) is 0. The van der Waals surface area contributed by atoms with E-state index in [0.29, 0.717) is 6.54 Å². The fraction of sp³-hybridized carbons (Fsp3) is 0.364. The number of benzene rings is 1. The lowest BCUT2D eigenvalue weighted by atomic mass is 10.1. The zero-order chi connectivity index (χ0) is 10.6. The van der Waals surface area contributed by atoms with E-state index < -0.39 is 0 Å². The first kappa shape index (κ1) is 11.2. The molecular formula is C11H14BrNO. The SMILES string of the molecule is Cc1ccc(CNC(=O)[C@@H](C)Br)cc1. The number of carbonyl (C=O) groups is 1. The van der Waals surface area contributed by atoms with Crippen LogP contribution >= 0.6 is 15.9 Å². The minimum Gasteiger partial charge on any atom is -0.351 e. The van der Waals surface area contributed by atoms with Crippen LogP contribution in [0.15, 0.2) is 24.3 Å². The molecule has 0 fully saturated rings. The van der Waals surface area contributed by atoms with Crippen LogP contribution in [0.4, 0.5) is 0 Å². The fourth-order valence-corrected chi connectivity index (χ4v) is 1.20. The van der Waals surface area contributed by atoms with E-state index in [1.165, 1.54) is 5.56 Å². The van der Waals surface area contributed by atoms with E-state index in [2.05, 4.69) is 21.2 Å². The van der Waals surface area contributed by atoms with Gasteiger partial charge in [-0.3, -0.25) is 4.79 Å². The molecule has 1 rings (SSSR count). The van der Waals surface area contributed by atoms with Crippen LogP contribution in [0, 0.1) is 6.92 Å². The van der Waals surface area contributed by atoms with Crippen LogP contribution in [0.1, 0.15) is 18.1 Å². The second-order valence-electron chi connectivity index (χ2n) is 3.32. The number of alkyl halides is 1. The van der Waals surface area contributed by atoms with Gasteiger partial charge in [0.15, 0.2) is 0 Å². The maximum absolute atomic E-state index is 11.2.